The lowest BCUT2D eigenvalue weighted by Gasteiger charge is -2.07. The number of hydrogen-bond acceptors (Lipinski definition) is 5. The van der Waals surface area contributed by atoms with Crippen molar-refractivity contribution in [2.75, 3.05) is 11.9 Å². The lowest BCUT2D eigenvalue weighted by Crippen LogP contribution is -2.22. The molecule has 0 fully saturated rings. The lowest BCUT2D eigenvalue weighted by molar-refractivity contribution is -0.147. The van der Waals surface area contributed by atoms with Gasteiger partial charge in [-0.25, -0.2) is 4.79 Å². The number of aryl methyl sites for hydroxylation is 1. The molecule has 3 rings (SSSR count). The van der Waals surface area contributed by atoms with Gasteiger partial charge in [0.1, 0.15) is 0 Å². The minimum atomic E-state index is -0.594. The van der Waals surface area contributed by atoms with Crippen molar-refractivity contribution >= 4 is 40.3 Å². The average Bonchev–Trinajstić information content (AvgIpc) is 2.93. The zero-order valence-corrected chi connectivity index (χ0v) is 14.4. The molecule has 0 aliphatic rings. The number of nitrogens with zero attached hydrogens (tertiary/aromatic N) is 1. The van der Waals surface area contributed by atoms with Gasteiger partial charge in [-0.15, -0.1) is 0 Å². The van der Waals surface area contributed by atoms with Crippen LogP contribution in [0.15, 0.2) is 57.7 Å². The molecule has 3 aromatic rings. The van der Waals surface area contributed by atoms with Gasteiger partial charge in [0, 0.05) is 17.3 Å². The van der Waals surface area contributed by atoms with Gasteiger partial charge >= 0.3 is 11.7 Å². The van der Waals surface area contributed by atoms with E-state index in [1.807, 2.05) is 0 Å². The van der Waals surface area contributed by atoms with E-state index in [1.54, 1.807) is 48.5 Å². The van der Waals surface area contributed by atoms with Crippen LogP contribution in [0.2, 0.25) is 5.02 Å². The fraction of sp³-hybridized carbons (Fsp3) is 0.167. The number of carbonyl (C=O) groups excluding carboxylic acids is 2. The monoisotopic (exact) mass is 374 g/mol. The third-order valence-corrected chi connectivity index (χ3v) is 3.82. The number of aromatic nitrogens is 1. The predicted octanol–water partition coefficient (Wildman–Crippen LogP) is 2.82. The number of rotatable bonds is 6. The molecule has 7 nitrogen and oxygen atoms in total. The third-order valence-electron chi connectivity index (χ3n) is 3.59. The number of nitrogens with one attached hydrogen (secondary N) is 1. The Morgan fingerprint density at radius 1 is 1.15 bits per heavy atom. The molecule has 8 heteroatoms. The molecule has 0 unspecified atom stereocenters. The number of ether oxygens (including phenoxy) is 1. The standard InChI is InChI=1S/C18H15ClN2O5/c19-12-4-3-5-13(10-12)20-16(22)11-25-17(23)8-9-21-14-6-1-2-7-15(14)26-18(21)24/h1-7,10H,8-9,11H2,(H,20,22). The molecule has 0 aliphatic carbocycles. The maximum Gasteiger partial charge on any atom is 0.419 e. The number of anilines is 1. The maximum atomic E-state index is 11.8. The van der Waals surface area contributed by atoms with Crippen LogP contribution in [0.25, 0.3) is 11.1 Å². The molecule has 26 heavy (non-hydrogen) atoms. The number of carbonyl (C=O) groups is 2. The molecule has 0 saturated heterocycles. The predicted molar refractivity (Wildman–Crippen MR) is 96.1 cm³/mol. The van der Waals surface area contributed by atoms with E-state index in [0.29, 0.717) is 21.8 Å². The van der Waals surface area contributed by atoms with Crippen LogP contribution >= 0.6 is 11.6 Å². The van der Waals surface area contributed by atoms with Crippen molar-refractivity contribution < 1.29 is 18.7 Å². The highest BCUT2D eigenvalue weighted by atomic mass is 35.5. The van der Waals surface area contributed by atoms with Crippen molar-refractivity contribution in [3.8, 4) is 0 Å². The molecule has 1 N–H and O–H groups in total. The summed E-state index contributed by atoms with van der Waals surface area (Å²) in [6, 6.07) is 13.5. The molecule has 134 valence electrons. The summed E-state index contributed by atoms with van der Waals surface area (Å²) in [6.07, 6.45) is -0.0616. The van der Waals surface area contributed by atoms with Crippen LogP contribution < -0.4 is 11.1 Å². The van der Waals surface area contributed by atoms with E-state index in [2.05, 4.69) is 5.32 Å². The zero-order valence-electron chi connectivity index (χ0n) is 13.6. The average molecular weight is 375 g/mol. The first-order valence-corrected chi connectivity index (χ1v) is 8.20. The van der Waals surface area contributed by atoms with Gasteiger partial charge in [-0.3, -0.25) is 14.2 Å². The summed E-state index contributed by atoms with van der Waals surface area (Å²) in [4.78, 5) is 35.4. The molecule has 1 heterocycles. The van der Waals surface area contributed by atoms with E-state index >= 15 is 0 Å². The Labute approximate surface area is 153 Å². The minimum Gasteiger partial charge on any atom is -0.456 e. The smallest absolute Gasteiger partial charge is 0.419 e. The van der Waals surface area contributed by atoms with Gasteiger partial charge in [0.2, 0.25) is 0 Å². The second-order valence-corrected chi connectivity index (χ2v) is 5.89. The minimum absolute atomic E-state index is 0.0616. The molecule has 0 bridgehead atoms. The van der Waals surface area contributed by atoms with E-state index in [9.17, 15) is 14.4 Å². The van der Waals surface area contributed by atoms with Gasteiger partial charge in [-0.05, 0) is 30.3 Å². The molecular weight excluding hydrogens is 360 g/mol. The van der Waals surface area contributed by atoms with E-state index in [1.165, 1.54) is 4.57 Å². The molecular formula is C18H15ClN2O5. The van der Waals surface area contributed by atoms with Crippen LogP contribution in [0, 0.1) is 0 Å². The normalized spacial score (nSPS) is 10.7. The largest absolute Gasteiger partial charge is 0.456 e. The highest BCUT2D eigenvalue weighted by Gasteiger charge is 2.12. The Bertz CT molecular complexity index is 1010. The number of para-hydroxylation sites is 2. The van der Waals surface area contributed by atoms with Crippen molar-refractivity contribution in [2.24, 2.45) is 0 Å². The fourth-order valence-corrected chi connectivity index (χ4v) is 2.60. The van der Waals surface area contributed by atoms with Gasteiger partial charge in [0.25, 0.3) is 5.91 Å². The molecule has 0 atom stereocenters. The summed E-state index contributed by atoms with van der Waals surface area (Å²) in [5, 5.41) is 3.05. The number of halogens is 1. The highest BCUT2D eigenvalue weighted by molar-refractivity contribution is 6.30. The Hall–Kier alpha value is -3.06. The number of benzene rings is 2. The number of oxazole rings is 1. The first-order valence-electron chi connectivity index (χ1n) is 7.82. The molecule has 1 aromatic heterocycles. The van der Waals surface area contributed by atoms with Crippen LogP contribution in [0.4, 0.5) is 5.69 Å². The first kappa shape index (κ1) is 17.8. The first-order chi connectivity index (χ1) is 12.5. The van der Waals surface area contributed by atoms with Crippen LogP contribution in [0.3, 0.4) is 0 Å². The third kappa shape index (κ3) is 4.31. The summed E-state index contributed by atoms with van der Waals surface area (Å²) in [5.41, 5.74) is 1.56. The van der Waals surface area contributed by atoms with Gasteiger partial charge in [-0.1, -0.05) is 29.8 Å². The van der Waals surface area contributed by atoms with Crippen molar-refractivity contribution in [3.05, 3.63) is 64.1 Å². The Balaban J connectivity index is 1.50. The van der Waals surface area contributed by atoms with E-state index in [4.69, 9.17) is 20.8 Å². The Morgan fingerprint density at radius 2 is 1.96 bits per heavy atom. The van der Waals surface area contributed by atoms with Crippen LogP contribution in [0.1, 0.15) is 6.42 Å². The van der Waals surface area contributed by atoms with E-state index < -0.39 is 24.2 Å². The van der Waals surface area contributed by atoms with Gasteiger partial charge in [0.15, 0.2) is 12.2 Å². The molecule has 0 saturated carbocycles. The summed E-state index contributed by atoms with van der Waals surface area (Å²) < 4.78 is 11.4. The molecule has 0 aliphatic heterocycles. The SMILES string of the molecule is O=C(COC(=O)CCn1c(=O)oc2ccccc21)Nc1cccc(Cl)c1. The lowest BCUT2D eigenvalue weighted by atomic mass is 10.3. The number of hydrogen-bond donors (Lipinski definition) is 1. The fourth-order valence-electron chi connectivity index (χ4n) is 2.41. The van der Waals surface area contributed by atoms with Crippen LogP contribution in [-0.2, 0) is 20.9 Å². The highest BCUT2D eigenvalue weighted by Crippen LogP contribution is 2.15. The van der Waals surface area contributed by atoms with Crippen LogP contribution in [-0.4, -0.2) is 23.1 Å². The summed E-state index contributed by atoms with van der Waals surface area (Å²) >= 11 is 5.83. The summed E-state index contributed by atoms with van der Waals surface area (Å²) in [5.74, 6) is -1.62. The number of amides is 1. The van der Waals surface area contributed by atoms with Gasteiger partial charge in [0.05, 0.1) is 11.9 Å². The van der Waals surface area contributed by atoms with Crippen molar-refractivity contribution in [1.29, 1.82) is 0 Å². The second-order valence-electron chi connectivity index (χ2n) is 5.46. The zero-order chi connectivity index (χ0) is 18.5. The van der Waals surface area contributed by atoms with Gasteiger partial charge < -0.3 is 14.5 Å². The van der Waals surface area contributed by atoms with E-state index in [0.717, 1.165) is 0 Å². The number of fused-ring (bicyclic) bond motifs is 1. The molecule has 2 aromatic carbocycles. The summed E-state index contributed by atoms with van der Waals surface area (Å²) in [6.45, 7) is -0.322. The quantitative estimate of drug-likeness (QED) is 0.670. The Kier molecular flexibility index (Phi) is 5.38. The molecule has 0 radical (unpaired) electrons. The van der Waals surface area contributed by atoms with E-state index in [-0.39, 0.29) is 13.0 Å². The second kappa shape index (κ2) is 7.88. The van der Waals surface area contributed by atoms with Gasteiger partial charge in [-0.2, -0.15) is 0 Å². The number of esters is 1. The van der Waals surface area contributed by atoms with Crippen molar-refractivity contribution in [3.63, 3.8) is 0 Å². The summed E-state index contributed by atoms with van der Waals surface area (Å²) in [7, 11) is 0. The Morgan fingerprint density at radius 3 is 2.77 bits per heavy atom. The molecule has 1 amide bonds. The topological polar surface area (TPSA) is 90.5 Å². The van der Waals surface area contributed by atoms with Crippen molar-refractivity contribution in [1.82, 2.24) is 4.57 Å². The molecule has 0 spiro atoms. The van der Waals surface area contributed by atoms with Crippen LogP contribution in [0.5, 0.6) is 0 Å². The van der Waals surface area contributed by atoms with Crippen molar-refractivity contribution in [2.45, 2.75) is 13.0 Å². The maximum absolute atomic E-state index is 11.8.